The van der Waals surface area contributed by atoms with E-state index in [9.17, 15) is 4.79 Å². The lowest BCUT2D eigenvalue weighted by atomic mass is 9.91. The summed E-state index contributed by atoms with van der Waals surface area (Å²) in [4.78, 5) is 19.0. The number of nitrogens with one attached hydrogen (secondary N) is 1. The van der Waals surface area contributed by atoms with Gasteiger partial charge in [-0.3, -0.25) is 5.32 Å². The Kier molecular flexibility index (Phi) is 7.44. The zero-order chi connectivity index (χ0) is 19.2. The lowest BCUT2D eigenvalue weighted by Gasteiger charge is -2.32. The molecular weight excluding hydrogens is 326 g/mol. The molecule has 145 valence electrons. The van der Waals surface area contributed by atoms with Crippen LogP contribution in [-0.4, -0.2) is 41.2 Å². The van der Waals surface area contributed by atoms with E-state index in [1.54, 1.807) is 6.07 Å². The predicted octanol–water partition coefficient (Wildman–Crippen LogP) is 4.69. The zero-order valence-corrected chi connectivity index (χ0v) is 17.0. The summed E-state index contributed by atoms with van der Waals surface area (Å²) in [5.41, 5.74) is 0.517. The van der Waals surface area contributed by atoms with Gasteiger partial charge in [0.15, 0.2) is 0 Å². The van der Waals surface area contributed by atoms with E-state index in [2.05, 4.69) is 29.0 Å². The van der Waals surface area contributed by atoms with Crippen molar-refractivity contribution in [2.45, 2.75) is 65.9 Å². The van der Waals surface area contributed by atoms with Crippen LogP contribution in [0.2, 0.25) is 0 Å². The molecule has 2 heterocycles. The Morgan fingerprint density at radius 2 is 1.96 bits per heavy atom. The van der Waals surface area contributed by atoms with Gasteiger partial charge in [0.1, 0.15) is 11.4 Å². The van der Waals surface area contributed by atoms with Crippen LogP contribution < -0.4 is 5.32 Å². The summed E-state index contributed by atoms with van der Waals surface area (Å²) in [5, 5.41) is 2.72. The molecule has 0 aromatic carbocycles. The standard InChI is InChI=1S/C21H34N3O2/c1-16(2)15-24-13-11-17(12-14-24)9-10-18-7-6-8-19(22-18)23-20(25)26-21(3,4)5/h6-8,17H,9-15H2,1-5H3,(H,22,23,25). The number of anilines is 1. The van der Waals surface area contributed by atoms with Crippen LogP contribution in [0, 0.1) is 11.8 Å². The van der Waals surface area contributed by atoms with E-state index in [1.165, 1.54) is 31.8 Å². The SMILES string of the molecule is C[C](C)CN1CCC(CCc2cccc(NC(=O)OC(C)(C)C)n2)CC1. The van der Waals surface area contributed by atoms with Gasteiger partial charge < -0.3 is 9.64 Å². The number of ether oxygens (including phenoxy) is 1. The monoisotopic (exact) mass is 360 g/mol. The van der Waals surface area contributed by atoms with Gasteiger partial charge in [0, 0.05) is 12.2 Å². The number of pyridine rings is 1. The highest BCUT2D eigenvalue weighted by molar-refractivity contribution is 5.83. The van der Waals surface area contributed by atoms with Crippen LogP contribution in [0.3, 0.4) is 0 Å². The van der Waals surface area contributed by atoms with Gasteiger partial charge in [-0.05, 0) is 83.5 Å². The first-order valence-electron chi connectivity index (χ1n) is 9.68. The number of aryl methyl sites for hydroxylation is 1. The average molecular weight is 361 g/mol. The maximum Gasteiger partial charge on any atom is 0.413 e. The third-order valence-electron chi connectivity index (χ3n) is 4.49. The van der Waals surface area contributed by atoms with Crippen LogP contribution in [0.5, 0.6) is 0 Å². The van der Waals surface area contributed by atoms with Crippen LogP contribution in [0.25, 0.3) is 0 Å². The number of rotatable bonds is 6. The normalized spacial score (nSPS) is 16.7. The summed E-state index contributed by atoms with van der Waals surface area (Å²) < 4.78 is 5.28. The van der Waals surface area contributed by atoms with Gasteiger partial charge in [-0.1, -0.05) is 19.9 Å². The van der Waals surface area contributed by atoms with Gasteiger partial charge in [0.05, 0.1) is 0 Å². The van der Waals surface area contributed by atoms with Gasteiger partial charge in [-0.2, -0.15) is 0 Å². The Morgan fingerprint density at radius 3 is 2.58 bits per heavy atom. The maximum absolute atomic E-state index is 11.9. The van der Waals surface area contributed by atoms with Crippen molar-refractivity contribution in [3.05, 3.63) is 29.8 Å². The molecule has 1 saturated heterocycles. The number of carbonyl (C=O) groups is 1. The Hall–Kier alpha value is -1.62. The van der Waals surface area contributed by atoms with Crippen LogP contribution in [-0.2, 0) is 11.2 Å². The summed E-state index contributed by atoms with van der Waals surface area (Å²) in [5.74, 6) is 2.81. The van der Waals surface area contributed by atoms with E-state index >= 15 is 0 Å². The third-order valence-corrected chi connectivity index (χ3v) is 4.49. The minimum atomic E-state index is -0.509. The van der Waals surface area contributed by atoms with E-state index in [1.807, 2.05) is 32.9 Å². The smallest absolute Gasteiger partial charge is 0.413 e. The third kappa shape index (κ3) is 7.73. The van der Waals surface area contributed by atoms with E-state index in [4.69, 9.17) is 4.74 Å². The molecule has 1 fully saturated rings. The second-order valence-electron chi connectivity index (χ2n) is 8.61. The molecule has 1 aliphatic heterocycles. The summed E-state index contributed by atoms with van der Waals surface area (Å²) in [6.07, 6.45) is 4.18. The zero-order valence-electron chi connectivity index (χ0n) is 17.0. The van der Waals surface area contributed by atoms with Crippen molar-refractivity contribution in [2.75, 3.05) is 25.0 Å². The molecule has 0 bridgehead atoms. The van der Waals surface area contributed by atoms with Crippen molar-refractivity contribution >= 4 is 11.9 Å². The quantitative estimate of drug-likeness (QED) is 0.800. The number of carbonyl (C=O) groups excluding carboxylic acids is 1. The van der Waals surface area contributed by atoms with Crippen LogP contribution >= 0.6 is 0 Å². The minimum Gasteiger partial charge on any atom is -0.444 e. The number of aromatic nitrogens is 1. The molecule has 1 aromatic heterocycles. The molecule has 5 nitrogen and oxygen atoms in total. The number of hydrogen-bond donors (Lipinski definition) is 1. The van der Waals surface area contributed by atoms with Crippen LogP contribution in [0.15, 0.2) is 18.2 Å². The van der Waals surface area contributed by atoms with Crippen molar-refractivity contribution in [1.29, 1.82) is 0 Å². The highest BCUT2D eigenvalue weighted by atomic mass is 16.6. The summed E-state index contributed by atoms with van der Waals surface area (Å²) >= 11 is 0. The Morgan fingerprint density at radius 1 is 1.27 bits per heavy atom. The molecule has 0 saturated carbocycles. The van der Waals surface area contributed by atoms with Gasteiger partial charge in [0.25, 0.3) is 0 Å². The fraction of sp³-hybridized carbons (Fsp3) is 0.667. The highest BCUT2D eigenvalue weighted by Gasteiger charge is 2.20. The molecule has 0 unspecified atom stereocenters. The van der Waals surface area contributed by atoms with E-state index in [-0.39, 0.29) is 0 Å². The van der Waals surface area contributed by atoms with Crippen LogP contribution in [0.1, 0.15) is 59.6 Å². The summed E-state index contributed by atoms with van der Waals surface area (Å²) in [6, 6.07) is 5.78. The maximum atomic E-state index is 11.9. The number of hydrogen-bond acceptors (Lipinski definition) is 4. The molecule has 2 rings (SSSR count). The lowest BCUT2D eigenvalue weighted by Crippen LogP contribution is -2.35. The topological polar surface area (TPSA) is 54.5 Å². The molecule has 0 spiro atoms. The Labute approximate surface area is 158 Å². The molecule has 1 aromatic rings. The predicted molar refractivity (Wildman–Crippen MR) is 106 cm³/mol. The molecule has 26 heavy (non-hydrogen) atoms. The first-order chi connectivity index (χ1) is 12.2. The largest absolute Gasteiger partial charge is 0.444 e. The van der Waals surface area contributed by atoms with Gasteiger partial charge in [0.2, 0.25) is 0 Å². The van der Waals surface area contributed by atoms with E-state index < -0.39 is 11.7 Å². The fourth-order valence-corrected chi connectivity index (χ4v) is 3.33. The van der Waals surface area contributed by atoms with Gasteiger partial charge in [-0.15, -0.1) is 0 Å². The molecular formula is C21H34N3O2. The number of likely N-dealkylation sites (tertiary alicyclic amines) is 1. The molecule has 1 aliphatic rings. The first-order valence-corrected chi connectivity index (χ1v) is 9.68. The second-order valence-corrected chi connectivity index (χ2v) is 8.61. The minimum absolute atomic E-state index is 0.461. The fourth-order valence-electron chi connectivity index (χ4n) is 3.33. The first kappa shape index (κ1) is 20.7. The lowest BCUT2D eigenvalue weighted by molar-refractivity contribution is 0.0635. The molecule has 1 radical (unpaired) electrons. The van der Waals surface area contributed by atoms with Gasteiger partial charge in [-0.25, -0.2) is 9.78 Å². The summed E-state index contributed by atoms with van der Waals surface area (Å²) in [6.45, 7) is 13.5. The van der Waals surface area contributed by atoms with Gasteiger partial charge >= 0.3 is 6.09 Å². The van der Waals surface area contributed by atoms with Crippen molar-refractivity contribution in [1.82, 2.24) is 9.88 Å². The molecule has 0 atom stereocenters. The van der Waals surface area contributed by atoms with E-state index in [0.29, 0.717) is 5.82 Å². The summed E-state index contributed by atoms with van der Waals surface area (Å²) in [7, 11) is 0. The molecule has 1 N–H and O–H groups in total. The van der Waals surface area contributed by atoms with Crippen LogP contribution in [0.4, 0.5) is 10.6 Å². The van der Waals surface area contributed by atoms with Crippen molar-refractivity contribution in [3.63, 3.8) is 0 Å². The highest BCUT2D eigenvalue weighted by Crippen LogP contribution is 2.23. The van der Waals surface area contributed by atoms with E-state index in [0.717, 1.165) is 31.0 Å². The molecule has 0 aliphatic carbocycles. The molecule has 5 heteroatoms. The number of piperidine rings is 1. The number of nitrogens with zero attached hydrogens (tertiary/aromatic N) is 2. The van der Waals surface area contributed by atoms with Crippen molar-refractivity contribution in [2.24, 2.45) is 5.92 Å². The Balaban J connectivity index is 1.78. The Bertz CT molecular complexity index is 573. The number of amides is 1. The average Bonchev–Trinajstić information content (AvgIpc) is 2.52. The molecule has 1 amide bonds. The second kappa shape index (κ2) is 9.36. The van der Waals surface area contributed by atoms with Crippen molar-refractivity contribution in [3.8, 4) is 0 Å². The van der Waals surface area contributed by atoms with Crippen molar-refractivity contribution < 1.29 is 9.53 Å².